The third kappa shape index (κ3) is 3.82. The Bertz CT molecular complexity index is 1270. The van der Waals surface area contributed by atoms with E-state index in [0.29, 0.717) is 16.6 Å². The highest BCUT2D eigenvalue weighted by molar-refractivity contribution is 6.00. The van der Waals surface area contributed by atoms with Crippen LogP contribution < -0.4 is 10.9 Å². The maximum atomic E-state index is 12.5. The van der Waals surface area contributed by atoms with Gasteiger partial charge in [-0.3, -0.25) is 20.4 Å². The van der Waals surface area contributed by atoms with Crippen molar-refractivity contribution in [1.82, 2.24) is 25.8 Å². The smallest absolute Gasteiger partial charge is 0.267 e. The van der Waals surface area contributed by atoms with Crippen molar-refractivity contribution in [1.29, 1.82) is 0 Å². The number of aryl methyl sites for hydroxylation is 2. The van der Waals surface area contributed by atoms with Gasteiger partial charge in [-0.25, -0.2) is 15.0 Å². The molecule has 0 aliphatic carbocycles. The van der Waals surface area contributed by atoms with Gasteiger partial charge >= 0.3 is 0 Å². The molecule has 0 bridgehead atoms. The molecule has 0 saturated carbocycles. The highest BCUT2D eigenvalue weighted by Crippen LogP contribution is 2.16. The third-order valence-corrected chi connectivity index (χ3v) is 4.87. The lowest BCUT2D eigenvalue weighted by Crippen LogP contribution is -2.41. The number of pyridine rings is 1. The average Bonchev–Trinajstić information content (AvgIpc) is 2.80. The predicted molar refractivity (Wildman–Crippen MR) is 115 cm³/mol. The van der Waals surface area contributed by atoms with E-state index in [0.717, 1.165) is 35.1 Å². The molecule has 2 N–H and O–H groups in total. The van der Waals surface area contributed by atoms with Gasteiger partial charge in [-0.15, -0.1) is 0 Å². The number of aromatic nitrogens is 3. The number of fused-ring (bicyclic) bond motifs is 2. The summed E-state index contributed by atoms with van der Waals surface area (Å²) in [5, 5.41) is 0.938. The lowest BCUT2D eigenvalue weighted by Gasteiger charge is -2.09. The van der Waals surface area contributed by atoms with Crippen LogP contribution in [0.25, 0.3) is 21.9 Å². The molecule has 2 heterocycles. The molecule has 0 atom stereocenters. The van der Waals surface area contributed by atoms with Crippen molar-refractivity contribution >= 4 is 33.8 Å². The minimum atomic E-state index is -0.490. The summed E-state index contributed by atoms with van der Waals surface area (Å²) in [5.74, 6) is -0.930. The Morgan fingerprint density at radius 3 is 2.20 bits per heavy atom. The average molecular weight is 399 g/mol. The Kier molecular flexibility index (Phi) is 5.34. The molecule has 2 aromatic heterocycles. The number of hydrazine groups is 1. The number of hydrogen-bond donors (Lipinski definition) is 2. The summed E-state index contributed by atoms with van der Waals surface area (Å²) < 4.78 is 0. The molecule has 0 radical (unpaired) electrons. The summed E-state index contributed by atoms with van der Waals surface area (Å²) >= 11 is 0. The number of hydrogen-bond acceptors (Lipinski definition) is 5. The van der Waals surface area contributed by atoms with Crippen molar-refractivity contribution in [2.24, 2.45) is 0 Å². The van der Waals surface area contributed by atoms with Crippen molar-refractivity contribution < 1.29 is 9.59 Å². The van der Waals surface area contributed by atoms with E-state index in [1.54, 1.807) is 24.3 Å². The number of carbonyl (C=O) groups is 2. The minimum absolute atomic E-state index is 0.220. The van der Waals surface area contributed by atoms with Gasteiger partial charge in [0.1, 0.15) is 5.69 Å². The van der Waals surface area contributed by atoms with Crippen molar-refractivity contribution in [2.75, 3.05) is 0 Å². The van der Waals surface area contributed by atoms with Crippen LogP contribution in [0, 0.1) is 0 Å². The molecule has 2 amide bonds. The molecule has 150 valence electrons. The first-order valence-electron chi connectivity index (χ1n) is 9.85. The van der Waals surface area contributed by atoms with Crippen LogP contribution in [0.4, 0.5) is 0 Å². The van der Waals surface area contributed by atoms with E-state index >= 15 is 0 Å². The van der Waals surface area contributed by atoms with Crippen molar-refractivity contribution in [3.63, 3.8) is 0 Å². The number of rotatable bonds is 4. The van der Waals surface area contributed by atoms with Gasteiger partial charge in [-0.2, -0.15) is 0 Å². The maximum Gasteiger partial charge on any atom is 0.288 e. The number of para-hydroxylation sites is 1. The molecule has 0 fully saturated rings. The van der Waals surface area contributed by atoms with Crippen LogP contribution in [0.15, 0.2) is 54.6 Å². The van der Waals surface area contributed by atoms with E-state index in [4.69, 9.17) is 0 Å². The second kappa shape index (κ2) is 8.24. The highest BCUT2D eigenvalue weighted by Gasteiger charge is 2.13. The summed E-state index contributed by atoms with van der Waals surface area (Å²) in [6, 6.07) is 16.1. The Balaban J connectivity index is 1.50. The van der Waals surface area contributed by atoms with E-state index in [-0.39, 0.29) is 5.69 Å². The molecule has 0 aliphatic rings. The van der Waals surface area contributed by atoms with E-state index in [2.05, 4.69) is 25.8 Å². The zero-order valence-corrected chi connectivity index (χ0v) is 16.8. The van der Waals surface area contributed by atoms with Crippen LogP contribution in [0.5, 0.6) is 0 Å². The van der Waals surface area contributed by atoms with Crippen molar-refractivity contribution in [3.05, 3.63) is 77.2 Å². The molecule has 0 saturated heterocycles. The molecule has 30 heavy (non-hydrogen) atoms. The van der Waals surface area contributed by atoms with Crippen LogP contribution in [-0.2, 0) is 12.8 Å². The van der Waals surface area contributed by atoms with Gasteiger partial charge in [0.05, 0.1) is 27.9 Å². The minimum Gasteiger partial charge on any atom is -0.267 e. The quantitative estimate of drug-likeness (QED) is 0.513. The zero-order chi connectivity index (χ0) is 21.1. The molecule has 4 aromatic rings. The van der Waals surface area contributed by atoms with E-state index in [1.165, 1.54) is 0 Å². The molecular weight excluding hydrogens is 378 g/mol. The van der Waals surface area contributed by atoms with Crippen molar-refractivity contribution in [2.45, 2.75) is 26.7 Å². The molecule has 7 nitrogen and oxygen atoms in total. The predicted octanol–water partition coefficient (Wildman–Crippen LogP) is 3.38. The summed E-state index contributed by atoms with van der Waals surface area (Å²) in [4.78, 5) is 38.5. The summed E-state index contributed by atoms with van der Waals surface area (Å²) in [5.41, 5.74) is 9.46. The highest BCUT2D eigenvalue weighted by atomic mass is 16.2. The topological polar surface area (TPSA) is 96.9 Å². The van der Waals surface area contributed by atoms with E-state index in [1.807, 2.05) is 44.2 Å². The van der Waals surface area contributed by atoms with Crippen LogP contribution >= 0.6 is 0 Å². The summed E-state index contributed by atoms with van der Waals surface area (Å²) in [6.45, 7) is 4.08. The van der Waals surface area contributed by atoms with Gasteiger partial charge in [-0.05, 0) is 43.2 Å². The second-order valence-corrected chi connectivity index (χ2v) is 6.83. The Hall–Kier alpha value is -3.87. The Labute approximate surface area is 173 Å². The van der Waals surface area contributed by atoms with Crippen molar-refractivity contribution in [3.8, 4) is 0 Å². The largest absolute Gasteiger partial charge is 0.288 e. The van der Waals surface area contributed by atoms with Crippen LogP contribution in [0.1, 0.15) is 46.1 Å². The lowest BCUT2D eigenvalue weighted by atomic mass is 10.1. The van der Waals surface area contributed by atoms with Crippen LogP contribution in [0.2, 0.25) is 0 Å². The SMILES string of the molecule is CCc1nc2ccc(C(=O)NNC(=O)c3ccc4ccccc4n3)cc2nc1CC. The molecule has 0 aliphatic heterocycles. The van der Waals surface area contributed by atoms with Gasteiger partial charge < -0.3 is 0 Å². The fraction of sp³-hybridized carbons (Fsp3) is 0.174. The second-order valence-electron chi connectivity index (χ2n) is 6.83. The molecule has 4 rings (SSSR count). The normalized spacial score (nSPS) is 10.9. The summed E-state index contributed by atoms with van der Waals surface area (Å²) in [7, 11) is 0. The van der Waals surface area contributed by atoms with Gasteiger partial charge in [-0.1, -0.05) is 38.1 Å². The first kappa shape index (κ1) is 19.4. The molecule has 7 heteroatoms. The number of amides is 2. The van der Waals surface area contributed by atoms with Gasteiger partial charge in [0.2, 0.25) is 0 Å². The Morgan fingerprint density at radius 2 is 1.43 bits per heavy atom. The zero-order valence-electron chi connectivity index (χ0n) is 16.8. The van der Waals surface area contributed by atoms with Gasteiger partial charge in [0.25, 0.3) is 11.8 Å². The third-order valence-electron chi connectivity index (χ3n) is 4.87. The first-order valence-corrected chi connectivity index (χ1v) is 9.85. The number of benzene rings is 2. The molecule has 0 unspecified atom stereocenters. The standard InChI is InChI=1S/C23H21N5O2/c1-3-16-17(4-2)25-21-13-15(10-11-19(21)24-16)22(29)27-28-23(30)20-12-9-14-7-5-6-8-18(14)26-20/h5-13H,3-4H2,1-2H3,(H,27,29)(H,28,30). The van der Waals surface area contributed by atoms with Gasteiger partial charge in [0, 0.05) is 10.9 Å². The van der Waals surface area contributed by atoms with Crippen LogP contribution in [-0.4, -0.2) is 26.8 Å². The first-order chi connectivity index (χ1) is 14.6. The lowest BCUT2D eigenvalue weighted by molar-refractivity contribution is 0.0844. The van der Waals surface area contributed by atoms with Gasteiger partial charge in [0.15, 0.2) is 0 Å². The number of nitrogens with zero attached hydrogens (tertiary/aromatic N) is 3. The van der Waals surface area contributed by atoms with E-state index < -0.39 is 11.8 Å². The fourth-order valence-electron chi connectivity index (χ4n) is 3.28. The van der Waals surface area contributed by atoms with E-state index in [9.17, 15) is 9.59 Å². The molecule has 0 spiro atoms. The Morgan fingerprint density at radius 1 is 0.733 bits per heavy atom. The fourth-order valence-corrected chi connectivity index (χ4v) is 3.28. The maximum absolute atomic E-state index is 12.5. The monoisotopic (exact) mass is 399 g/mol. The number of nitrogens with one attached hydrogen (secondary N) is 2. The number of carbonyl (C=O) groups excluding carboxylic acids is 2. The summed E-state index contributed by atoms with van der Waals surface area (Å²) in [6.07, 6.45) is 1.58. The molecule has 2 aromatic carbocycles. The van der Waals surface area contributed by atoms with Crippen LogP contribution in [0.3, 0.4) is 0 Å². The molecular formula is C23H21N5O2.